The van der Waals surface area contributed by atoms with E-state index in [1.165, 1.54) is 9.78 Å². The van der Waals surface area contributed by atoms with E-state index in [9.17, 15) is 14.4 Å². The summed E-state index contributed by atoms with van der Waals surface area (Å²) in [4.78, 5) is 43.9. The molecule has 1 N–H and O–H groups in total. The molecule has 1 aliphatic carbocycles. The van der Waals surface area contributed by atoms with Gasteiger partial charge in [-0.2, -0.15) is 0 Å². The summed E-state index contributed by atoms with van der Waals surface area (Å²) in [6, 6.07) is 6.81. The summed E-state index contributed by atoms with van der Waals surface area (Å²) >= 11 is 1.56. The van der Waals surface area contributed by atoms with Gasteiger partial charge in [-0.15, -0.1) is 11.3 Å². The second-order valence-corrected chi connectivity index (χ2v) is 8.28. The van der Waals surface area contributed by atoms with E-state index in [0.717, 1.165) is 25.0 Å². The van der Waals surface area contributed by atoms with E-state index in [1.54, 1.807) is 35.6 Å². The first-order valence-electron chi connectivity index (χ1n) is 9.26. The van der Waals surface area contributed by atoms with Crippen LogP contribution in [0.2, 0.25) is 0 Å². The van der Waals surface area contributed by atoms with Crippen LogP contribution in [0.15, 0.2) is 24.3 Å². The fraction of sp³-hybridized carbons (Fsp3) is 0.400. The molecule has 1 aromatic carbocycles. The first-order valence-corrected chi connectivity index (χ1v) is 10.1. The molecule has 0 bridgehead atoms. The molecule has 1 atom stereocenters. The SMILES string of the molecule is C[C@@H]1CCc2nc(NC(=O)CCCN3C(=O)c4ccccc4C3=O)sc2C1. The van der Waals surface area contributed by atoms with E-state index in [4.69, 9.17) is 0 Å². The average Bonchev–Trinajstić information content (AvgIpc) is 3.15. The number of benzene rings is 1. The van der Waals surface area contributed by atoms with Crippen LogP contribution in [0.5, 0.6) is 0 Å². The molecular formula is C20H21N3O3S. The van der Waals surface area contributed by atoms with Crippen molar-refractivity contribution in [2.24, 2.45) is 5.92 Å². The summed E-state index contributed by atoms with van der Waals surface area (Å²) in [5, 5.41) is 3.51. The van der Waals surface area contributed by atoms with Gasteiger partial charge in [0.1, 0.15) is 0 Å². The van der Waals surface area contributed by atoms with Gasteiger partial charge in [0.05, 0.1) is 16.8 Å². The number of aryl methyl sites for hydroxylation is 1. The zero-order chi connectivity index (χ0) is 19.0. The molecule has 3 amide bonds. The van der Waals surface area contributed by atoms with Crippen LogP contribution >= 0.6 is 11.3 Å². The highest BCUT2D eigenvalue weighted by atomic mass is 32.1. The Bertz CT molecular complexity index is 886. The summed E-state index contributed by atoms with van der Waals surface area (Å²) in [7, 11) is 0. The van der Waals surface area contributed by atoms with Gasteiger partial charge in [0.25, 0.3) is 11.8 Å². The van der Waals surface area contributed by atoms with Crippen molar-refractivity contribution in [2.75, 3.05) is 11.9 Å². The van der Waals surface area contributed by atoms with Gasteiger partial charge in [-0.05, 0) is 43.7 Å². The molecular weight excluding hydrogens is 362 g/mol. The summed E-state index contributed by atoms with van der Waals surface area (Å²) in [6.07, 6.45) is 3.82. The number of imide groups is 1. The van der Waals surface area contributed by atoms with Crippen molar-refractivity contribution < 1.29 is 14.4 Å². The number of nitrogens with one attached hydrogen (secondary N) is 1. The fourth-order valence-corrected chi connectivity index (χ4v) is 4.80. The molecule has 1 aromatic heterocycles. The van der Waals surface area contributed by atoms with Crippen LogP contribution in [0, 0.1) is 5.92 Å². The standard InChI is InChI=1S/C20H21N3O3S/c1-12-8-9-15-16(11-12)27-20(21-15)22-17(24)7-4-10-23-18(25)13-5-2-3-6-14(13)19(23)26/h2-3,5-6,12H,4,7-11H2,1H3,(H,21,22,24)/t12-/m1/s1. The lowest BCUT2D eigenvalue weighted by atomic mass is 9.93. The molecule has 140 valence electrons. The Morgan fingerprint density at radius 1 is 1.26 bits per heavy atom. The molecule has 0 spiro atoms. The highest BCUT2D eigenvalue weighted by Gasteiger charge is 2.34. The molecule has 1 aliphatic heterocycles. The third-order valence-corrected chi connectivity index (χ3v) is 6.13. The van der Waals surface area contributed by atoms with E-state index in [0.29, 0.717) is 28.6 Å². The van der Waals surface area contributed by atoms with E-state index in [2.05, 4.69) is 17.2 Å². The quantitative estimate of drug-likeness (QED) is 0.804. The number of rotatable bonds is 5. The maximum Gasteiger partial charge on any atom is 0.261 e. The highest BCUT2D eigenvalue weighted by molar-refractivity contribution is 7.15. The predicted molar refractivity (Wildman–Crippen MR) is 103 cm³/mol. The monoisotopic (exact) mass is 383 g/mol. The Hall–Kier alpha value is -2.54. The van der Waals surface area contributed by atoms with Gasteiger partial charge in [-0.25, -0.2) is 4.98 Å². The van der Waals surface area contributed by atoms with Crippen LogP contribution in [0.25, 0.3) is 0 Å². The molecule has 2 aliphatic rings. The molecule has 0 saturated heterocycles. The maximum absolute atomic E-state index is 12.3. The van der Waals surface area contributed by atoms with E-state index < -0.39 is 0 Å². The topological polar surface area (TPSA) is 79.4 Å². The van der Waals surface area contributed by atoms with Crippen molar-refractivity contribution in [1.29, 1.82) is 0 Å². The molecule has 6 nitrogen and oxygen atoms in total. The minimum absolute atomic E-state index is 0.134. The Balaban J connectivity index is 1.29. The van der Waals surface area contributed by atoms with Crippen molar-refractivity contribution in [3.8, 4) is 0 Å². The average molecular weight is 383 g/mol. The number of anilines is 1. The van der Waals surface area contributed by atoms with Gasteiger partial charge in [0.2, 0.25) is 5.91 Å². The van der Waals surface area contributed by atoms with Crippen molar-refractivity contribution in [2.45, 2.75) is 39.0 Å². The van der Waals surface area contributed by atoms with Crippen molar-refractivity contribution in [3.05, 3.63) is 46.0 Å². The largest absolute Gasteiger partial charge is 0.302 e. The van der Waals surface area contributed by atoms with Crippen LogP contribution in [0.1, 0.15) is 57.5 Å². The Morgan fingerprint density at radius 2 is 1.96 bits per heavy atom. The van der Waals surface area contributed by atoms with Gasteiger partial charge < -0.3 is 5.32 Å². The number of aromatic nitrogens is 1. The first kappa shape index (κ1) is 17.9. The lowest BCUT2D eigenvalue weighted by molar-refractivity contribution is -0.116. The molecule has 7 heteroatoms. The number of amides is 3. The van der Waals surface area contributed by atoms with Gasteiger partial charge in [-0.3, -0.25) is 19.3 Å². The second-order valence-electron chi connectivity index (χ2n) is 7.20. The van der Waals surface area contributed by atoms with Crippen LogP contribution < -0.4 is 5.32 Å². The third-order valence-electron chi connectivity index (χ3n) is 5.10. The Morgan fingerprint density at radius 3 is 2.67 bits per heavy atom. The number of fused-ring (bicyclic) bond motifs is 2. The Labute approximate surface area is 161 Å². The molecule has 4 rings (SSSR count). The number of hydrogen-bond acceptors (Lipinski definition) is 5. The van der Waals surface area contributed by atoms with Crippen LogP contribution in [0.4, 0.5) is 5.13 Å². The third kappa shape index (κ3) is 3.51. The van der Waals surface area contributed by atoms with E-state index in [1.807, 2.05) is 0 Å². The normalized spacial score (nSPS) is 18.4. The van der Waals surface area contributed by atoms with Crippen LogP contribution in [-0.4, -0.2) is 34.2 Å². The minimum Gasteiger partial charge on any atom is -0.302 e. The lowest BCUT2D eigenvalue weighted by Crippen LogP contribution is -2.31. The number of hydrogen-bond donors (Lipinski definition) is 1. The van der Waals surface area contributed by atoms with E-state index >= 15 is 0 Å². The lowest BCUT2D eigenvalue weighted by Gasteiger charge is -2.15. The number of carbonyl (C=O) groups is 3. The van der Waals surface area contributed by atoms with Crippen LogP contribution in [0.3, 0.4) is 0 Å². The van der Waals surface area contributed by atoms with Crippen molar-refractivity contribution >= 4 is 34.2 Å². The number of nitrogens with zero attached hydrogens (tertiary/aromatic N) is 2. The number of thiazole rings is 1. The molecule has 0 saturated carbocycles. The smallest absolute Gasteiger partial charge is 0.261 e. The van der Waals surface area contributed by atoms with Gasteiger partial charge in [0, 0.05) is 17.8 Å². The van der Waals surface area contributed by atoms with Gasteiger partial charge in [0.15, 0.2) is 5.13 Å². The molecule has 2 aromatic rings. The van der Waals surface area contributed by atoms with Gasteiger partial charge in [-0.1, -0.05) is 19.1 Å². The van der Waals surface area contributed by atoms with Crippen molar-refractivity contribution in [3.63, 3.8) is 0 Å². The Kier molecular flexibility index (Phi) is 4.78. The molecule has 0 fully saturated rings. The fourth-order valence-electron chi connectivity index (χ4n) is 3.62. The van der Waals surface area contributed by atoms with Gasteiger partial charge >= 0.3 is 0 Å². The second kappa shape index (κ2) is 7.23. The molecule has 0 unspecified atom stereocenters. The molecule has 0 radical (unpaired) electrons. The highest BCUT2D eigenvalue weighted by Crippen LogP contribution is 2.32. The number of carbonyl (C=O) groups excluding carboxylic acids is 3. The first-order chi connectivity index (χ1) is 13.0. The summed E-state index contributed by atoms with van der Waals surface area (Å²) in [5.74, 6) is -0.0256. The van der Waals surface area contributed by atoms with E-state index in [-0.39, 0.29) is 30.7 Å². The molecule has 27 heavy (non-hydrogen) atoms. The zero-order valence-corrected chi connectivity index (χ0v) is 16.0. The summed E-state index contributed by atoms with van der Waals surface area (Å²) < 4.78 is 0. The molecule has 2 heterocycles. The maximum atomic E-state index is 12.3. The zero-order valence-electron chi connectivity index (χ0n) is 15.2. The summed E-state index contributed by atoms with van der Waals surface area (Å²) in [6.45, 7) is 2.48. The van der Waals surface area contributed by atoms with Crippen LogP contribution in [-0.2, 0) is 17.6 Å². The minimum atomic E-state index is -0.280. The predicted octanol–water partition coefficient (Wildman–Crippen LogP) is 3.28. The van der Waals surface area contributed by atoms with Crippen molar-refractivity contribution in [1.82, 2.24) is 9.88 Å². The summed E-state index contributed by atoms with van der Waals surface area (Å²) in [5.41, 5.74) is 1.99.